The van der Waals surface area contributed by atoms with Crippen molar-refractivity contribution < 1.29 is 9.59 Å². The molecule has 0 fully saturated rings. The third kappa shape index (κ3) is 4.87. The number of amides is 3. The van der Waals surface area contributed by atoms with E-state index < -0.39 is 11.9 Å². The lowest BCUT2D eigenvalue weighted by atomic mass is 10.1. The molecule has 2 rings (SSSR count). The number of carbonyl (C=O) groups is 2. The van der Waals surface area contributed by atoms with Crippen LogP contribution in [0.15, 0.2) is 24.3 Å². The average molecular weight is 316 g/mol. The predicted octanol–water partition coefficient (Wildman–Crippen LogP) is 1.13. The molecule has 8 heteroatoms. The SMILES string of the molecule is Cc1ccccc1-c1nnn(CC(=O)NC(=O)NCC(C)C)n1. The van der Waals surface area contributed by atoms with E-state index in [1.165, 1.54) is 0 Å². The van der Waals surface area contributed by atoms with E-state index in [-0.39, 0.29) is 6.54 Å². The van der Waals surface area contributed by atoms with Gasteiger partial charge < -0.3 is 5.32 Å². The van der Waals surface area contributed by atoms with Gasteiger partial charge in [-0.2, -0.15) is 4.80 Å². The van der Waals surface area contributed by atoms with Crippen LogP contribution in [0.3, 0.4) is 0 Å². The summed E-state index contributed by atoms with van der Waals surface area (Å²) in [4.78, 5) is 24.4. The zero-order chi connectivity index (χ0) is 16.8. The van der Waals surface area contributed by atoms with Crippen LogP contribution in [0, 0.1) is 12.8 Å². The maximum atomic E-state index is 11.8. The van der Waals surface area contributed by atoms with Crippen LogP contribution in [0.4, 0.5) is 4.79 Å². The number of nitrogens with zero attached hydrogens (tertiary/aromatic N) is 4. The third-order valence-corrected chi connectivity index (χ3v) is 3.05. The molecule has 1 heterocycles. The van der Waals surface area contributed by atoms with Crippen molar-refractivity contribution in [3.8, 4) is 11.4 Å². The summed E-state index contributed by atoms with van der Waals surface area (Å²) in [5.41, 5.74) is 1.87. The number of nitrogens with one attached hydrogen (secondary N) is 2. The number of benzene rings is 1. The van der Waals surface area contributed by atoms with Gasteiger partial charge in [0.2, 0.25) is 5.82 Å². The summed E-state index contributed by atoms with van der Waals surface area (Å²) >= 11 is 0. The first kappa shape index (κ1) is 16.6. The molecule has 0 unspecified atom stereocenters. The molecule has 0 atom stereocenters. The molecular formula is C15H20N6O2. The van der Waals surface area contributed by atoms with Crippen LogP contribution < -0.4 is 10.6 Å². The molecule has 122 valence electrons. The second kappa shape index (κ2) is 7.48. The lowest BCUT2D eigenvalue weighted by Gasteiger charge is -2.07. The van der Waals surface area contributed by atoms with Gasteiger partial charge in [-0.1, -0.05) is 38.1 Å². The molecule has 0 bridgehead atoms. The first-order chi connectivity index (χ1) is 11.0. The fourth-order valence-corrected chi connectivity index (χ4v) is 1.88. The molecule has 2 aromatic rings. The van der Waals surface area contributed by atoms with Crippen molar-refractivity contribution in [1.82, 2.24) is 30.8 Å². The summed E-state index contributed by atoms with van der Waals surface area (Å²) in [5.74, 6) is 0.254. The number of tetrazole rings is 1. The molecular weight excluding hydrogens is 296 g/mol. The maximum Gasteiger partial charge on any atom is 0.321 e. The van der Waals surface area contributed by atoms with Gasteiger partial charge in [0.25, 0.3) is 5.91 Å². The minimum Gasteiger partial charge on any atom is -0.338 e. The van der Waals surface area contributed by atoms with Gasteiger partial charge in [0.15, 0.2) is 0 Å². The third-order valence-electron chi connectivity index (χ3n) is 3.05. The zero-order valence-corrected chi connectivity index (χ0v) is 13.4. The molecule has 0 aliphatic rings. The van der Waals surface area contributed by atoms with Crippen molar-refractivity contribution >= 4 is 11.9 Å². The lowest BCUT2D eigenvalue weighted by Crippen LogP contribution is -2.42. The van der Waals surface area contributed by atoms with Crippen LogP contribution in [-0.2, 0) is 11.3 Å². The fraction of sp³-hybridized carbons (Fsp3) is 0.400. The highest BCUT2D eigenvalue weighted by Crippen LogP contribution is 2.17. The summed E-state index contributed by atoms with van der Waals surface area (Å²) < 4.78 is 0. The Balaban J connectivity index is 1.93. The Morgan fingerprint density at radius 1 is 1.26 bits per heavy atom. The van der Waals surface area contributed by atoms with E-state index in [9.17, 15) is 9.59 Å². The van der Waals surface area contributed by atoms with E-state index >= 15 is 0 Å². The van der Waals surface area contributed by atoms with Crippen LogP contribution in [-0.4, -0.2) is 38.7 Å². The Hall–Kier alpha value is -2.77. The van der Waals surface area contributed by atoms with E-state index in [1.807, 2.05) is 45.0 Å². The van der Waals surface area contributed by atoms with Crippen LogP contribution in [0.5, 0.6) is 0 Å². The van der Waals surface area contributed by atoms with Crippen LogP contribution in [0.2, 0.25) is 0 Å². The van der Waals surface area contributed by atoms with Crippen molar-refractivity contribution in [3.05, 3.63) is 29.8 Å². The highest BCUT2D eigenvalue weighted by Gasteiger charge is 2.12. The molecule has 8 nitrogen and oxygen atoms in total. The largest absolute Gasteiger partial charge is 0.338 e. The molecule has 0 spiro atoms. The van der Waals surface area contributed by atoms with E-state index in [2.05, 4.69) is 26.0 Å². The monoisotopic (exact) mass is 316 g/mol. The molecule has 3 amide bonds. The van der Waals surface area contributed by atoms with E-state index in [0.29, 0.717) is 18.3 Å². The van der Waals surface area contributed by atoms with Gasteiger partial charge in [-0.15, -0.1) is 10.2 Å². The van der Waals surface area contributed by atoms with E-state index in [4.69, 9.17) is 0 Å². The summed E-state index contributed by atoms with van der Waals surface area (Å²) in [5, 5.41) is 16.8. The van der Waals surface area contributed by atoms with Crippen molar-refractivity contribution in [2.45, 2.75) is 27.3 Å². The number of aromatic nitrogens is 4. The van der Waals surface area contributed by atoms with Gasteiger partial charge in [-0.05, 0) is 23.6 Å². The molecule has 0 saturated heterocycles. The normalized spacial score (nSPS) is 10.6. The fourth-order valence-electron chi connectivity index (χ4n) is 1.88. The standard InChI is InChI=1S/C15H20N6O2/c1-10(2)8-16-15(23)17-13(22)9-21-19-14(18-20-21)12-7-5-4-6-11(12)3/h4-7,10H,8-9H2,1-3H3,(H2,16,17,22,23). The highest BCUT2D eigenvalue weighted by molar-refractivity contribution is 5.94. The average Bonchev–Trinajstić information content (AvgIpc) is 2.93. The van der Waals surface area contributed by atoms with E-state index in [1.54, 1.807) is 0 Å². The number of hydrogen-bond donors (Lipinski definition) is 2. The molecule has 2 N–H and O–H groups in total. The topological polar surface area (TPSA) is 102 Å². The number of imide groups is 1. The van der Waals surface area contributed by atoms with Gasteiger partial charge in [0.05, 0.1) is 0 Å². The summed E-state index contributed by atoms with van der Waals surface area (Å²) in [6, 6.07) is 7.11. The molecule has 1 aromatic carbocycles. The highest BCUT2D eigenvalue weighted by atomic mass is 16.2. The number of carbonyl (C=O) groups excluding carboxylic acids is 2. The number of urea groups is 1. The number of rotatable bonds is 5. The molecule has 0 radical (unpaired) electrons. The van der Waals surface area contributed by atoms with Crippen molar-refractivity contribution in [2.75, 3.05) is 6.54 Å². The molecule has 0 aliphatic carbocycles. The van der Waals surface area contributed by atoms with Gasteiger partial charge in [-0.3, -0.25) is 10.1 Å². The van der Waals surface area contributed by atoms with Crippen LogP contribution in [0.1, 0.15) is 19.4 Å². The molecule has 0 aliphatic heterocycles. The van der Waals surface area contributed by atoms with Crippen molar-refractivity contribution in [2.24, 2.45) is 5.92 Å². The zero-order valence-electron chi connectivity index (χ0n) is 13.4. The quantitative estimate of drug-likeness (QED) is 0.861. The first-order valence-electron chi connectivity index (χ1n) is 7.37. The van der Waals surface area contributed by atoms with Gasteiger partial charge >= 0.3 is 6.03 Å². The molecule has 23 heavy (non-hydrogen) atoms. The Morgan fingerprint density at radius 2 is 2.00 bits per heavy atom. The van der Waals surface area contributed by atoms with E-state index in [0.717, 1.165) is 15.9 Å². The summed E-state index contributed by atoms with van der Waals surface area (Å²) in [6.45, 7) is 6.21. The minimum absolute atomic E-state index is 0.173. The van der Waals surface area contributed by atoms with Gasteiger partial charge in [-0.25, -0.2) is 4.79 Å². The predicted molar refractivity (Wildman–Crippen MR) is 84.4 cm³/mol. The molecule has 0 saturated carbocycles. The molecule has 1 aromatic heterocycles. The smallest absolute Gasteiger partial charge is 0.321 e. The maximum absolute atomic E-state index is 11.8. The minimum atomic E-state index is -0.525. The van der Waals surface area contributed by atoms with Crippen molar-refractivity contribution in [3.63, 3.8) is 0 Å². The summed E-state index contributed by atoms with van der Waals surface area (Å²) in [6.07, 6.45) is 0. The Kier molecular flexibility index (Phi) is 5.40. The first-order valence-corrected chi connectivity index (χ1v) is 7.37. The second-order valence-electron chi connectivity index (χ2n) is 5.61. The second-order valence-corrected chi connectivity index (χ2v) is 5.61. The number of hydrogen-bond acceptors (Lipinski definition) is 5. The Morgan fingerprint density at radius 3 is 2.70 bits per heavy atom. The van der Waals surface area contributed by atoms with Gasteiger partial charge in [0, 0.05) is 12.1 Å². The van der Waals surface area contributed by atoms with Crippen LogP contribution >= 0.6 is 0 Å². The van der Waals surface area contributed by atoms with Gasteiger partial charge in [0.1, 0.15) is 6.54 Å². The summed E-state index contributed by atoms with van der Waals surface area (Å²) in [7, 11) is 0. The number of aryl methyl sites for hydroxylation is 1. The van der Waals surface area contributed by atoms with Crippen LogP contribution in [0.25, 0.3) is 11.4 Å². The Bertz CT molecular complexity index is 695. The van der Waals surface area contributed by atoms with Crippen molar-refractivity contribution in [1.29, 1.82) is 0 Å². The lowest BCUT2D eigenvalue weighted by molar-refractivity contribution is -0.121. The Labute approximate surface area is 134 Å².